The highest BCUT2D eigenvalue weighted by Gasteiger charge is 2.43. The van der Waals surface area contributed by atoms with Crippen molar-refractivity contribution in [3.8, 4) is 0 Å². The monoisotopic (exact) mass is 300 g/mol. The number of aliphatic carboxylic acids is 1. The molecule has 1 atom stereocenters. The van der Waals surface area contributed by atoms with E-state index in [9.17, 15) is 14.7 Å². The van der Waals surface area contributed by atoms with Gasteiger partial charge in [-0.2, -0.15) is 0 Å². The lowest BCUT2D eigenvalue weighted by Crippen LogP contribution is -2.64. The SMILES string of the molecule is CC(=O)N(C1=CCC=CC1)[C@@](N)(Cc1ccccc1)C(=O)O. The van der Waals surface area contributed by atoms with Crippen molar-refractivity contribution in [1.82, 2.24) is 4.90 Å². The molecule has 0 aromatic heterocycles. The van der Waals surface area contributed by atoms with Crippen molar-refractivity contribution in [2.24, 2.45) is 5.73 Å². The highest BCUT2D eigenvalue weighted by Crippen LogP contribution is 2.26. The van der Waals surface area contributed by atoms with Gasteiger partial charge in [0.25, 0.3) is 0 Å². The summed E-state index contributed by atoms with van der Waals surface area (Å²) in [5.41, 5.74) is 5.79. The topological polar surface area (TPSA) is 83.6 Å². The average molecular weight is 300 g/mol. The van der Waals surface area contributed by atoms with Crippen molar-refractivity contribution in [3.63, 3.8) is 0 Å². The fraction of sp³-hybridized carbons (Fsp3) is 0.294. The van der Waals surface area contributed by atoms with Gasteiger partial charge in [-0.05, 0) is 12.0 Å². The van der Waals surface area contributed by atoms with E-state index in [0.29, 0.717) is 18.5 Å². The predicted octanol–water partition coefficient (Wildman–Crippen LogP) is 2.05. The van der Waals surface area contributed by atoms with Crippen LogP contribution in [0.2, 0.25) is 0 Å². The van der Waals surface area contributed by atoms with E-state index in [2.05, 4.69) is 0 Å². The van der Waals surface area contributed by atoms with Crippen LogP contribution >= 0.6 is 0 Å². The van der Waals surface area contributed by atoms with E-state index in [0.717, 1.165) is 5.56 Å². The van der Waals surface area contributed by atoms with Gasteiger partial charge in [0.15, 0.2) is 5.66 Å². The van der Waals surface area contributed by atoms with Gasteiger partial charge in [-0.3, -0.25) is 15.4 Å². The number of allylic oxidation sites excluding steroid dienone is 3. The third kappa shape index (κ3) is 3.26. The molecule has 0 aliphatic heterocycles. The summed E-state index contributed by atoms with van der Waals surface area (Å²) in [7, 11) is 0. The molecule has 1 aromatic rings. The summed E-state index contributed by atoms with van der Waals surface area (Å²) in [5, 5.41) is 9.68. The second-order valence-electron chi connectivity index (χ2n) is 5.35. The lowest BCUT2D eigenvalue weighted by atomic mass is 9.96. The zero-order chi connectivity index (χ0) is 16.2. The van der Waals surface area contributed by atoms with Crippen LogP contribution in [0.4, 0.5) is 0 Å². The minimum atomic E-state index is -1.80. The van der Waals surface area contributed by atoms with E-state index in [1.807, 2.05) is 36.4 Å². The molecule has 1 aromatic carbocycles. The molecule has 0 saturated carbocycles. The minimum absolute atomic E-state index is 0.0454. The van der Waals surface area contributed by atoms with Crippen molar-refractivity contribution in [2.45, 2.75) is 31.8 Å². The van der Waals surface area contributed by atoms with Gasteiger partial charge in [-0.25, -0.2) is 4.79 Å². The maximum atomic E-state index is 12.1. The van der Waals surface area contributed by atoms with Gasteiger partial charge in [0.2, 0.25) is 5.91 Å². The highest BCUT2D eigenvalue weighted by atomic mass is 16.4. The smallest absolute Gasteiger partial charge is 0.345 e. The second-order valence-corrected chi connectivity index (χ2v) is 5.35. The van der Waals surface area contributed by atoms with Crippen molar-refractivity contribution in [3.05, 3.63) is 59.8 Å². The Kier molecular flexibility index (Phi) is 4.78. The number of carboxylic acid groups (broad SMARTS) is 1. The van der Waals surface area contributed by atoms with E-state index in [1.54, 1.807) is 12.1 Å². The number of amides is 1. The first-order chi connectivity index (χ1) is 10.4. The van der Waals surface area contributed by atoms with Crippen LogP contribution in [0.3, 0.4) is 0 Å². The summed E-state index contributed by atoms with van der Waals surface area (Å²) in [4.78, 5) is 25.2. The Labute approximate surface area is 129 Å². The fourth-order valence-electron chi connectivity index (χ4n) is 2.67. The molecule has 0 spiro atoms. The molecular formula is C17H20N2O3. The third-order valence-electron chi connectivity index (χ3n) is 3.67. The largest absolute Gasteiger partial charge is 0.478 e. The minimum Gasteiger partial charge on any atom is -0.478 e. The van der Waals surface area contributed by atoms with Crippen molar-refractivity contribution in [1.29, 1.82) is 0 Å². The zero-order valence-electron chi connectivity index (χ0n) is 12.5. The lowest BCUT2D eigenvalue weighted by Gasteiger charge is -2.39. The van der Waals surface area contributed by atoms with Crippen LogP contribution in [0, 0.1) is 0 Å². The van der Waals surface area contributed by atoms with Crippen LogP contribution in [0.1, 0.15) is 25.3 Å². The third-order valence-corrected chi connectivity index (χ3v) is 3.67. The molecule has 5 heteroatoms. The Bertz CT molecular complexity index is 622. The number of rotatable bonds is 5. The zero-order valence-corrected chi connectivity index (χ0v) is 12.5. The fourth-order valence-corrected chi connectivity index (χ4v) is 2.67. The maximum Gasteiger partial charge on any atom is 0.345 e. The molecular weight excluding hydrogens is 280 g/mol. The Hall–Kier alpha value is -2.40. The average Bonchev–Trinajstić information content (AvgIpc) is 2.49. The summed E-state index contributed by atoms with van der Waals surface area (Å²) in [6, 6.07) is 9.09. The molecule has 0 unspecified atom stereocenters. The Morgan fingerprint density at radius 1 is 1.27 bits per heavy atom. The number of hydrogen-bond acceptors (Lipinski definition) is 3. The standard InChI is InChI=1S/C17H20N2O3/c1-13(20)19(15-10-6-3-7-11-15)17(18,16(21)22)12-14-8-4-2-5-9-14/h2-6,8-9,11H,7,10,12,18H2,1H3,(H,21,22)/t17-/m0/s1. The summed E-state index contributed by atoms with van der Waals surface area (Å²) in [6.07, 6.45) is 6.94. The number of carbonyl (C=O) groups excluding carboxylic acids is 1. The van der Waals surface area contributed by atoms with Crippen LogP contribution in [-0.4, -0.2) is 27.5 Å². The van der Waals surface area contributed by atoms with Crippen molar-refractivity contribution >= 4 is 11.9 Å². The van der Waals surface area contributed by atoms with Gasteiger partial charge >= 0.3 is 5.97 Å². The molecule has 1 aliphatic rings. The van der Waals surface area contributed by atoms with Crippen LogP contribution in [0.5, 0.6) is 0 Å². The number of nitrogens with two attached hydrogens (primary N) is 1. The van der Waals surface area contributed by atoms with E-state index >= 15 is 0 Å². The maximum absolute atomic E-state index is 12.1. The molecule has 0 radical (unpaired) electrons. The number of benzene rings is 1. The first-order valence-corrected chi connectivity index (χ1v) is 7.16. The quantitative estimate of drug-likeness (QED) is 0.644. The number of nitrogens with zero attached hydrogens (tertiary/aromatic N) is 1. The molecule has 2 rings (SSSR count). The van der Waals surface area contributed by atoms with Crippen LogP contribution in [0.25, 0.3) is 0 Å². The van der Waals surface area contributed by atoms with Crippen LogP contribution < -0.4 is 5.73 Å². The van der Waals surface area contributed by atoms with Crippen LogP contribution in [-0.2, 0) is 16.0 Å². The van der Waals surface area contributed by atoms with E-state index in [4.69, 9.17) is 5.73 Å². The molecule has 5 nitrogen and oxygen atoms in total. The van der Waals surface area contributed by atoms with Gasteiger partial charge in [0.05, 0.1) is 0 Å². The van der Waals surface area contributed by atoms with Gasteiger partial charge in [-0.15, -0.1) is 0 Å². The highest BCUT2D eigenvalue weighted by molar-refractivity contribution is 5.87. The number of carboxylic acids is 1. The summed E-state index contributed by atoms with van der Waals surface area (Å²) < 4.78 is 0. The van der Waals surface area contributed by atoms with Crippen molar-refractivity contribution in [2.75, 3.05) is 0 Å². The van der Waals surface area contributed by atoms with E-state index in [-0.39, 0.29) is 12.3 Å². The Balaban J connectivity index is 2.40. The normalized spacial score (nSPS) is 16.5. The number of carbonyl (C=O) groups is 2. The van der Waals surface area contributed by atoms with Crippen LogP contribution in [0.15, 0.2) is 54.3 Å². The van der Waals surface area contributed by atoms with Crippen molar-refractivity contribution < 1.29 is 14.7 Å². The van der Waals surface area contributed by atoms with Gasteiger partial charge in [0.1, 0.15) is 0 Å². The summed E-state index contributed by atoms with van der Waals surface area (Å²) >= 11 is 0. The van der Waals surface area contributed by atoms with Gasteiger partial charge < -0.3 is 5.11 Å². The molecule has 116 valence electrons. The molecule has 1 aliphatic carbocycles. The predicted molar refractivity (Wildman–Crippen MR) is 83.7 cm³/mol. The second kappa shape index (κ2) is 6.58. The Morgan fingerprint density at radius 2 is 1.95 bits per heavy atom. The van der Waals surface area contributed by atoms with Gasteiger partial charge in [-0.1, -0.05) is 48.6 Å². The molecule has 0 fully saturated rings. The number of hydrogen-bond donors (Lipinski definition) is 2. The molecule has 0 saturated heterocycles. The molecule has 22 heavy (non-hydrogen) atoms. The summed E-state index contributed by atoms with van der Waals surface area (Å²) in [6.45, 7) is 1.34. The first kappa shape index (κ1) is 16.0. The Morgan fingerprint density at radius 3 is 2.45 bits per heavy atom. The molecule has 3 N–H and O–H groups in total. The van der Waals surface area contributed by atoms with Gasteiger partial charge in [0, 0.05) is 25.5 Å². The van der Waals surface area contributed by atoms with E-state index < -0.39 is 11.6 Å². The molecule has 0 bridgehead atoms. The van der Waals surface area contributed by atoms with E-state index in [1.165, 1.54) is 11.8 Å². The summed E-state index contributed by atoms with van der Waals surface area (Å²) in [5.74, 6) is -1.59. The molecule has 0 heterocycles. The first-order valence-electron chi connectivity index (χ1n) is 7.16. The molecule has 1 amide bonds. The lowest BCUT2D eigenvalue weighted by molar-refractivity contribution is -0.156.